The highest BCUT2D eigenvalue weighted by molar-refractivity contribution is 6.32. The second-order valence-electron chi connectivity index (χ2n) is 6.22. The van der Waals surface area contributed by atoms with Gasteiger partial charge in [-0.15, -0.1) is 0 Å². The molecule has 2 aromatic rings. The third-order valence-corrected chi connectivity index (χ3v) is 4.41. The van der Waals surface area contributed by atoms with Crippen LogP contribution in [0.3, 0.4) is 0 Å². The van der Waals surface area contributed by atoms with Gasteiger partial charge in [-0.05, 0) is 38.0 Å². The number of hydrogen-bond donors (Lipinski definition) is 1. The summed E-state index contributed by atoms with van der Waals surface area (Å²) in [5.74, 6) is -1.50. The van der Waals surface area contributed by atoms with Crippen molar-refractivity contribution in [1.82, 2.24) is 15.1 Å². The minimum Gasteiger partial charge on any atom is -0.449 e. The van der Waals surface area contributed by atoms with E-state index in [1.807, 2.05) is 6.92 Å². The molecular formula is C19H23ClFN3O3. The molecule has 1 N–H and O–H groups in total. The molecule has 0 unspecified atom stereocenters. The number of aryl methyl sites for hydroxylation is 2. The molecule has 0 radical (unpaired) electrons. The summed E-state index contributed by atoms with van der Waals surface area (Å²) in [6.45, 7) is 6.01. The molecule has 2 rings (SSSR count). The first-order valence-corrected chi connectivity index (χ1v) is 9.17. The zero-order valence-electron chi connectivity index (χ0n) is 15.6. The smallest absolute Gasteiger partial charge is 0.343 e. The molecule has 146 valence electrons. The Labute approximate surface area is 162 Å². The normalized spacial score (nSPS) is 11.9. The van der Waals surface area contributed by atoms with Crippen molar-refractivity contribution in [3.63, 3.8) is 0 Å². The Bertz CT molecular complexity index is 805. The fraction of sp³-hybridized carbons (Fsp3) is 0.421. The van der Waals surface area contributed by atoms with Gasteiger partial charge >= 0.3 is 5.97 Å². The molecule has 1 heterocycles. The maximum atomic E-state index is 12.9. The Morgan fingerprint density at radius 2 is 2.00 bits per heavy atom. The molecule has 0 aliphatic rings. The number of ether oxygens (including phenoxy) is 1. The summed E-state index contributed by atoms with van der Waals surface area (Å²) in [5, 5.41) is 7.11. The van der Waals surface area contributed by atoms with E-state index in [0.717, 1.165) is 18.4 Å². The summed E-state index contributed by atoms with van der Waals surface area (Å²) in [5.41, 5.74) is 1.37. The Morgan fingerprint density at radius 3 is 2.63 bits per heavy atom. The van der Waals surface area contributed by atoms with Crippen molar-refractivity contribution in [3.05, 3.63) is 52.1 Å². The maximum absolute atomic E-state index is 12.9. The van der Waals surface area contributed by atoms with Crippen LogP contribution in [0.2, 0.25) is 5.15 Å². The summed E-state index contributed by atoms with van der Waals surface area (Å²) >= 11 is 6.25. The zero-order valence-corrected chi connectivity index (χ0v) is 16.3. The minimum atomic E-state index is -1.01. The minimum absolute atomic E-state index is 0.172. The fourth-order valence-electron chi connectivity index (χ4n) is 2.45. The van der Waals surface area contributed by atoms with E-state index in [-0.39, 0.29) is 23.1 Å². The summed E-state index contributed by atoms with van der Waals surface area (Å²) in [6, 6.07) is 5.76. The van der Waals surface area contributed by atoms with Crippen LogP contribution in [0, 0.1) is 12.7 Å². The van der Waals surface area contributed by atoms with Crippen LogP contribution in [0.15, 0.2) is 24.3 Å². The van der Waals surface area contributed by atoms with Gasteiger partial charge in [0.25, 0.3) is 5.91 Å². The molecular weight excluding hydrogens is 373 g/mol. The number of esters is 1. The van der Waals surface area contributed by atoms with E-state index in [1.165, 1.54) is 19.1 Å². The van der Waals surface area contributed by atoms with Gasteiger partial charge < -0.3 is 10.1 Å². The van der Waals surface area contributed by atoms with Gasteiger partial charge in [-0.2, -0.15) is 5.10 Å². The van der Waals surface area contributed by atoms with E-state index in [4.69, 9.17) is 16.3 Å². The molecule has 1 aromatic heterocycles. The second-order valence-corrected chi connectivity index (χ2v) is 6.58. The molecule has 1 atom stereocenters. The number of rotatable bonds is 8. The standard InChI is InChI=1S/C19H23ClFN3O3/c1-4-5-10-24-17(20)16(12(2)23-24)19(26)27-13(3)18(25)22-11-14-6-8-15(21)9-7-14/h6-9,13H,4-5,10-11H2,1-3H3,(H,22,25)/t13-/m1/s1. The monoisotopic (exact) mass is 395 g/mol. The fourth-order valence-corrected chi connectivity index (χ4v) is 2.79. The topological polar surface area (TPSA) is 73.2 Å². The van der Waals surface area contributed by atoms with Crippen molar-refractivity contribution >= 4 is 23.5 Å². The third-order valence-electron chi connectivity index (χ3n) is 4.03. The van der Waals surface area contributed by atoms with Crippen LogP contribution < -0.4 is 5.32 Å². The van der Waals surface area contributed by atoms with Crippen molar-refractivity contribution in [2.24, 2.45) is 0 Å². The zero-order chi connectivity index (χ0) is 20.0. The van der Waals surface area contributed by atoms with Gasteiger partial charge in [-0.25, -0.2) is 9.18 Å². The Balaban J connectivity index is 1.95. The number of halogens is 2. The van der Waals surface area contributed by atoms with E-state index < -0.39 is 18.0 Å². The Kier molecular flexibility index (Phi) is 7.36. The SMILES string of the molecule is CCCCn1nc(C)c(C(=O)O[C@H](C)C(=O)NCc2ccc(F)cc2)c1Cl. The molecule has 6 nitrogen and oxygen atoms in total. The van der Waals surface area contributed by atoms with Crippen molar-refractivity contribution in [2.45, 2.75) is 52.8 Å². The number of hydrogen-bond acceptors (Lipinski definition) is 4. The van der Waals surface area contributed by atoms with Gasteiger partial charge in [0.1, 0.15) is 16.5 Å². The molecule has 0 aliphatic heterocycles. The lowest BCUT2D eigenvalue weighted by atomic mass is 10.2. The molecule has 0 saturated heterocycles. The average molecular weight is 396 g/mol. The lowest BCUT2D eigenvalue weighted by molar-refractivity contribution is -0.129. The number of unbranched alkanes of at least 4 members (excludes halogenated alkanes) is 1. The van der Waals surface area contributed by atoms with Gasteiger partial charge in [0.2, 0.25) is 0 Å². The van der Waals surface area contributed by atoms with Gasteiger partial charge in [-0.1, -0.05) is 37.1 Å². The van der Waals surface area contributed by atoms with Gasteiger partial charge in [0, 0.05) is 13.1 Å². The van der Waals surface area contributed by atoms with E-state index in [0.29, 0.717) is 12.2 Å². The number of benzene rings is 1. The maximum Gasteiger partial charge on any atom is 0.343 e. The van der Waals surface area contributed by atoms with Crippen LogP contribution in [0.4, 0.5) is 4.39 Å². The van der Waals surface area contributed by atoms with Crippen LogP contribution in [-0.2, 0) is 22.6 Å². The first-order valence-electron chi connectivity index (χ1n) is 8.79. The molecule has 27 heavy (non-hydrogen) atoms. The summed E-state index contributed by atoms with van der Waals surface area (Å²) in [4.78, 5) is 24.6. The molecule has 0 aliphatic carbocycles. The summed E-state index contributed by atoms with van der Waals surface area (Å²) in [7, 11) is 0. The van der Waals surface area contributed by atoms with Crippen LogP contribution >= 0.6 is 11.6 Å². The van der Waals surface area contributed by atoms with E-state index in [1.54, 1.807) is 23.7 Å². The number of amides is 1. The van der Waals surface area contributed by atoms with Crippen LogP contribution in [0.25, 0.3) is 0 Å². The van der Waals surface area contributed by atoms with Crippen molar-refractivity contribution < 1.29 is 18.7 Å². The first kappa shape index (κ1) is 20.9. The molecule has 0 fully saturated rings. The molecule has 0 bridgehead atoms. The molecule has 1 aromatic carbocycles. The number of nitrogens with one attached hydrogen (secondary N) is 1. The Hall–Kier alpha value is -2.41. The number of carbonyl (C=O) groups is 2. The number of aromatic nitrogens is 2. The quantitative estimate of drug-likeness (QED) is 0.692. The predicted octanol–water partition coefficient (Wildman–Crippen LogP) is 3.65. The van der Waals surface area contributed by atoms with Crippen molar-refractivity contribution in [2.75, 3.05) is 0 Å². The highest BCUT2D eigenvalue weighted by atomic mass is 35.5. The lowest BCUT2D eigenvalue weighted by Crippen LogP contribution is -2.35. The molecule has 0 saturated carbocycles. The van der Waals surface area contributed by atoms with Crippen LogP contribution in [0.5, 0.6) is 0 Å². The lowest BCUT2D eigenvalue weighted by Gasteiger charge is -2.13. The summed E-state index contributed by atoms with van der Waals surface area (Å²) < 4.78 is 19.7. The van der Waals surface area contributed by atoms with Crippen LogP contribution in [-0.4, -0.2) is 27.8 Å². The molecule has 0 spiro atoms. The van der Waals surface area contributed by atoms with E-state index >= 15 is 0 Å². The number of nitrogens with zero attached hydrogens (tertiary/aromatic N) is 2. The highest BCUT2D eigenvalue weighted by Gasteiger charge is 2.25. The largest absolute Gasteiger partial charge is 0.449 e. The predicted molar refractivity (Wildman–Crippen MR) is 100 cm³/mol. The Morgan fingerprint density at radius 1 is 1.33 bits per heavy atom. The van der Waals surface area contributed by atoms with E-state index in [2.05, 4.69) is 10.4 Å². The third kappa shape index (κ3) is 5.53. The first-order chi connectivity index (χ1) is 12.8. The molecule has 1 amide bonds. The average Bonchev–Trinajstić information content (AvgIpc) is 2.92. The van der Waals surface area contributed by atoms with Crippen LogP contribution in [0.1, 0.15) is 48.3 Å². The van der Waals surface area contributed by atoms with E-state index in [9.17, 15) is 14.0 Å². The highest BCUT2D eigenvalue weighted by Crippen LogP contribution is 2.22. The van der Waals surface area contributed by atoms with Crippen molar-refractivity contribution in [3.8, 4) is 0 Å². The van der Waals surface area contributed by atoms with Crippen molar-refractivity contribution in [1.29, 1.82) is 0 Å². The van der Waals surface area contributed by atoms with Gasteiger partial charge in [0.05, 0.1) is 5.69 Å². The van der Waals surface area contributed by atoms with Gasteiger partial charge in [0.15, 0.2) is 6.10 Å². The molecule has 8 heteroatoms. The summed E-state index contributed by atoms with van der Waals surface area (Å²) in [6.07, 6.45) is 0.852. The second kappa shape index (κ2) is 9.50. The van der Waals surface area contributed by atoms with Gasteiger partial charge in [-0.3, -0.25) is 9.48 Å². The number of carbonyl (C=O) groups excluding carboxylic acids is 2.